The Hall–Kier alpha value is -4.73. The molecule has 2 aromatic carbocycles. The minimum Gasteiger partial charge on any atom is -0.444 e. The molecule has 2 amide bonds. The van der Waals surface area contributed by atoms with Gasteiger partial charge in [0.2, 0.25) is 17.7 Å². The van der Waals surface area contributed by atoms with Crippen LogP contribution in [0.4, 0.5) is 16.4 Å². The third-order valence-electron chi connectivity index (χ3n) is 7.11. The lowest BCUT2D eigenvalue weighted by molar-refractivity contribution is -0.115. The molecule has 3 heterocycles. The van der Waals surface area contributed by atoms with Crippen LogP contribution in [0.1, 0.15) is 52.5 Å². The predicted molar refractivity (Wildman–Crippen MR) is 167 cm³/mol. The molecule has 43 heavy (non-hydrogen) atoms. The average molecular weight is 583 g/mol. The zero-order valence-corrected chi connectivity index (χ0v) is 25.3. The van der Waals surface area contributed by atoms with Crippen molar-refractivity contribution in [3.63, 3.8) is 0 Å². The summed E-state index contributed by atoms with van der Waals surface area (Å²) in [4.78, 5) is 40.3. The van der Waals surface area contributed by atoms with Gasteiger partial charge in [-0.05, 0) is 70.4 Å². The van der Waals surface area contributed by atoms with E-state index in [1.807, 2.05) is 83.1 Å². The van der Waals surface area contributed by atoms with E-state index in [2.05, 4.69) is 20.6 Å². The number of piperidine rings is 1. The molecular formula is C33H38N6O4. The summed E-state index contributed by atoms with van der Waals surface area (Å²) in [5.74, 6) is 1.46. The fourth-order valence-corrected chi connectivity index (χ4v) is 5.03. The molecule has 1 aliphatic heterocycles. The molecule has 0 spiro atoms. The van der Waals surface area contributed by atoms with Crippen LogP contribution in [-0.4, -0.2) is 56.6 Å². The highest BCUT2D eigenvalue weighted by Gasteiger charge is 2.28. The van der Waals surface area contributed by atoms with E-state index < -0.39 is 5.60 Å². The summed E-state index contributed by atoms with van der Waals surface area (Å²) in [5, 5.41) is 8.12. The predicted octanol–water partition coefficient (Wildman–Crippen LogP) is 6.95. The molecule has 0 bridgehead atoms. The summed E-state index contributed by atoms with van der Waals surface area (Å²) < 4.78 is 12.1. The monoisotopic (exact) mass is 582 g/mol. The third-order valence-corrected chi connectivity index (χ3v) is 7.11. The van der Waals surface area contributed by atoms with Gasteiger partial charge in [0.25, 0.3) is 0 Å². The first-order valence-corrected chi connectivity index (χ1v) is 14.6. The molecule has 2 aromatic heterocycles. The number of aromatic nitrogens is 3. The Balaban J connectivity index is 1.39. The van der Waals surface area contributed by atoms with Crippen LogP contribution >= 0.6 is 0 Å². The molecule has 1 atom stereocenters. The first-order valence-electron chi connectivity index (χ1n) is 14.6. The van der Waals surface area contributed by atoms with Gasteiger partial charge in [0.05, 0.1) is 11.3 Å². The van der Waals surface area contributed by atoms with Gasteiger partial charge in [-0.1, -0.05) is 31.2 Å². The molecule has 0 unspecified atom stereocenters. The van der Waals surface area contributed by atoms with E-state index in [9.17, 15) is 9.59 Å². The van der Waals surface area contributed by atoms with Gasteiger partial charge in [0, 0.05) is 54.4 Å². The number of carbonyl (C=O) groups is 2. The van der Waals surface area contributed by atoms with Gasteiger partial charge >= 0.3 is 6.09 Å². The first kappa shape index (κ1) is 29.8. The molecule has 1 saturated heterocycles. The fraction of sp³-hybridized carbons (Fsp3) is 0.364. The van der Waals surface area contributed by atoms with E-state index in [-0.39, 0.29) is 18.0 Å². The van der Waals surface area contributed by atoms with E-state index in [0.29, 0.717) is 48.3 Å². The smallest absolute Gasteiger partial charge is 0.410 e. The molecule has 1 aliphatic rings. The zero-order chi connectivity index (χ0) is 30.6. The Bertz CT molecular complexity index is 1630. The molecular weight excluding hydrogens is 544 g/mol. The van der Waals surface area contributed by atoms with Crippen molar-refractivity contribution in [1.82, 2.24) is 19.9 Å². The number of benzene rings is 2. The highest BCUT2D eigenvalue weighted by Crippen LogP contribution is 2.38. The Morgan fingerprint density at radius 1 is 1.02 bits per heavy atom. The molecule has 2 N–H and O–H groups in total. The Labute approximate surface area is 251 Å². The Morgan fingerprint density at radius 3 is 2.65 bits per heavy atom. The van der Waals surface area contributed by atoms with Crippen LogP contribution in [-0.2, 0) is 9.53 Å². The van der Waals surface area contributed by atoms with E-state index in [1.54, 1.807) is 17.3 Å². The van der Waals surface area contributed by atoms with Crippen LogP contribution in [0.2, 0.25) is 0 Å². The number of aryl methyl sites for hydroxylation is 1. The molecule has 224 valence electrons. The maximum atomic E-state index is 12.6. The maximum absolute atomic E-state index is 12.6. The van der Waals surface area contributed by atoms with Crippen LogP contribution in [0.5, 0.6) is 11.6 Å². The zero-order valence-electron chi connectivity index (χ0n) is 25.3. The Kier molecular flexibility index (Phi) is 8.75. The highest BCUT2D eigenvalue weighted by atomic mass is 16.6. The number of nitrogens with one attached hydrogen (secondary N) is 2. The van der Waals surface area contributed by atoms with Gasteiger partial charge in [0.15, 0.2) is 0 Å². The number of carbonyl (C=O) groups excluding carboxylic acids is 2. The maximum Gasteiger partial charge on any atom is 0.410 e. The number of amides is 2. The average Bonchev–Trinajstić information content (AvgIpc) is 2.98. The fourth-order valence-electron chi connectivity index (χ4n) is 5.03. The van der Waals surface area contributed by atoms with Crippen molar-refractivity contribution >= 4 is 34.4 Å². The van der Waals surface area contributed by atoms with Crippen molar-refractivity contribution in [2.45, 2.75) is 65.5 Å². The van der Waals surface area contributed by atoms with Crippen LogP contribution in [0.25, 0.3) is 22.0 Å². The second-order valence-electron chi connectivity index (χ2n) is 11.6. The van der Waals surface area contributed by atoms with Gasteiger partial charge in [-0.3, -0.25) is 4.79 Å². The van der Waals surface area contributed by atoms with Gasteiger partial charge in [-0.25, -0.2) is 19.7 Å². The number of hydrogen-bond acceptors (Lipinski definition) is 8. The Morgan fingerprint density at radius 2 is 1.86 bits per heavy atom. The molecule has 0 saturated carbocycles. The molecule has 5 rings (SSSR count). The number of fused-ring (bicyclic) bond motifs is 1. The van der Waals surface area contributed by atoms with E-state index in [0.717, 1.165) is 34.9 Å². The van der Waals surface area contributed by atoms with Crippen molar-refractivity contribution in [3.05, 3.63) is 66.5 Å². The summed E-state index contributed by atoms with van der Waals surface area (Å²) >= 11 is 0. The lowest BCUT2D eigenvalue weighted by Gasteiger charge is -2.34. The topological polar surface area (TPSA) is 119 Å². The summed E-state index contributed by atoms with van der Waals surface area (Å²) in [7, 11) is 0. The number of anilines is 2. The van der Waals surface area contributed by atoms with Crippen molar-refractivity contribution in [1.29, 1.82) is 0 Å². The standard InChI is InChI=1S/C33H38N6O4/c1-6-28(40)37-26-13-7-11-24-23(26)15-14-21(2)29(24)42-30-25(12-8-17-34-30)27-16-18-35-31(38-27)36-22-10-9-19-39(20-22)32(41)43-33(3,4)5/h7-8,11-18,22H,6,9-10,19-20H2,1-5H3,(H,37,40)(H,35,36,38)/t22-/m0/s1. The number of rotatable bonds is 7. The lowest BCUT2D eigenvalue weighted by atomic mass is 10.0. The minimum atomic E-state index is -0.545. The third kappa shape index (κ3) is 7.20. The molecule has 1 fully saturated rings. The number of pyridine rings is 1. The van der Waals surface area contributed by atoms with Crippen molar-refractivity contribution < 1.29 is 19.1 Å². The molecule has 0 radical (unpaired) electrons. The van der Waals surface area contributed by atoms with Gasteiger partial charge in [-0.15, -0.1) is 0 Å². The first-order chi connectivity index (χ1) is 20.6. The second kappa shape index (κ2) is 12.6. The van der Waals surface area contributed by atoms with Crippen LogP contribution in [0.3, 0.4) is 0 Å². The highest BCUT2D eigenvalue weighted by molar-refractivity contribution is 6.04. The van der Waals surface area contributed by atoms with Crippen LogP contribution < -0.4 is 15.4 Å². The number of hydrogen-bond donors (Lipinski definition) is 2. The van der Waals surface area contributed by atoms with E-state index in [4.69, 9.17) is 14.5 Å². The van der Waals surface area contributed by atoms with E-state index >= 15 is 0 Å². The van der Waals surface area contributed by atoms with Crippen molar-refractivity contribution in [3.8, 4) is 22.9 Å². The molecule has 0 aliphatic carbocycles. The lowest BCUT2D eigenvalue weighted by Crippen LogP contribution is -2.47. The van der Waals surface area contributed by atoms with E-state index in [1.165, 1.54) is 0 Å². The SMILES string of the molecule is CCC(=O)Nc1cccc2c(Oc3ncccc3-c3ccnc(N[C@H]4CCCN(C(=O)OC(C)(C)C)C4)n3)c(C)ccc12. The number of ether oxygens (including phenoxy) is 2. The van der Waals surface area contributed by atoms with Crippen LogP contribution in [0.15, 0.2) is 60.9 Å². The largest absolute Gasteiger partial charge is 0.444 e. The number of likely N-dealkylation sites (tertiary alicyclic amines) is 1. The quantitative estimate of drug-likeness (QED) is 0.240. The van der Waals surface area contributed by atoms with Crippen molar-refractivity contribution in [2.24, 2.45) is 0 Å². The summed E-state index contributed by atoms with van der Waals surface area (Å²) in [6, 6.07) is 15.3. The normalized spacial score (nSPS) is 15.2. The molecule has 10 nitrogen and oxygen atoms in total. The molecule has 10 heteroatoms. The number of nitrogens with zero attached hydrogens (tertiary/aromatic N) is 4. The molecule has 4 aromatic rings. The van der Waals surface area contributed by atoms with Crippen molar-refractivity contribution in [2.75, 3.05) is 23.7 Å². The second-order valence-corrected chi connectivity index (χ2v) is 11.6. The minimum absolute atomic E-state index is 0.0122. The summed E-state index contributed by atoms with van der Waals surface area (Å²) in [6.07, 6.45) is 5.19. The van der Waals surface area contributed by atoms with Crippen LogP contribution in [0, 0.1) is 6.92 Å². The van der Waals surface area contributed by atoms with Gasteiger partial charge < -0.3 is 25.0 Å². The summed E-state index contributed by atoms with van der Waals surface area (Å²) in [6.45, 7) is 10.6. The van der Waals surface area contributed by atoms with Gasteiger partial charge in [0.1, 0.15) is 11.4 Å². The van der Waals surface area contributed by atoms with Gasteiger partial charge in [-0.2, -0.15) is 0 Å². The summed E-state index contributed by atoms with van der Waals surface area (Å²) in [5.41, 5.74) is 2.47.